The number of hydrogen-bond acceptors (Lipinski definition) is 0. The van der Waals surface area contributed by atoms with Crippen LogP contribution in [0.15, 0.2) is 121 Å². The van der Waals surface area contributed by atoms with Gasteiger partial charge in [0.25, 0.3) is 0 Å². The number of rotatable bonds is 3. The third-order valence-corrected chi connectivity index (χ3v) is 9.17. The van der Waals surface area contributed by atoms with Gasteiger partial charge in [-0.05, 0) is 28.7 Å². The van der Waals surface area contributed by atoms with Crippen LogP contribution in [-0.4, -0.2) is 0 Å². The molecule has 38 heavy (non-hydrogen) atoms. The first-order valence-electron chi connectivity index (χ1n) is 12.9. The fourth-order valence-corrected chi connectivity index (χ4v) is 7.21. The van der Waals surface area contributed by atoms with Gasteiger partial charge in [-0.15, -0.1) is 0 Å². The van der Waals surface area contributed by atoms with Crippen LogP contribution < -0.4 is 24.8 Å². The fourth-order valence-electron chi connectivity index (χ4n) is 6.00. The van der Waals surface area contributed by atoms with Gasteiger partial charge in [0.05, 0.1) is 0 Å². The average Bonchev–Trinajstić information content (AvgIpc) is 3.42. The molecule has 1 unspecified atom stereocenters. The minimum atomic E-state index is 0. The molecule has 0 aromatic heterocycles. The zero-order valence-electron chi connectivity index (χ0n) is 21.4. The van der Waals surface area contributed by atoms with Crippen LogP contribution in [0.1, 0.15) is 56.3 Å². The van der Waals surface area contributed by atoms with E-state index in [0.717, 1.165) is 6.42 Å². The number of fused-ring (bicyclic) bond motifs is 6. The Morgan fingerprint density at radius 2 is 1.03 bits per heavy atom. The molecule has 0 heterocycles. The Bertz CT molecular complexity index is 1480. The van der Waals surface area contributed by atoms with Gasteiger partial charge in [-0.3, -0.25) is 0 Å². The molecule has 0 N–H and O–H groups in total. The molecule has 0 saturated heterocycles. The molecule has 5 aromatic rings. The van der Waals surface area contributed by atoms with Crippen molar-refractivity contribution >= 4 is 0 Å². The second-order valence-corrected chi connectivity index (χ2v) is 11.1. The summed E-state index contributed by atoms with van der Waals surface area (Å²) in [6.45, 7) is 2.27. The predicted molar refractivity (Wildman–Crippen MR) is 147 cm³/mol. The summed E-state index contributed by atoms with van der Waals surface area (Å²) in [5.41, 5.74) is 14.7. The SMILES string of the molecule is CCC1c2ccccc2-c2ccccc21.[Cl-].[Cl-].[Zr+2][CH]1c2ccccc2-c2c(Cc3ccccc3)cccc21. The first kappa shape index (κ1) is 28.6. The summed E-state index contributed by atoms with van der Waals surface area (Å²) in [6, 6.07) is 44.1. The summed E-state index contributed by atoms with van der Waals surface area (Å²) in [4.78, 5) is 0. The van der Waals surface area contributed by atoms with Crippen LogP contribution in [-0.2, 0) is 31.1 Å². The number of benzene rings is 5. The van der Waals surface area contributed by atoms with Crippen LogP contribution >= 0.6 is 0 Å². The van der Waals surface area contributed by atoms with E-state index in [-0.39, 0.29) is 24.8 Å². The second kappa shape index (κ2) is 12.6. The predicted octanol–water partition coefficient (Wildman–Crippen LogP) is 3.11. The Morgan fingerprint density at radius 3 is 1.63 bits per heavy atom. The van der Waals surface area contributed by atoms with Crippen molar-refractivity contribution in [2.24, 2.45) is 0 Å². The first-order valence-corrected chi connectivity index (χ1v) is 14.3. The molecule has 0 amide bonds. The van der Waals surface area contributed by atoms with Crippen molar-refractivity contribution in [3.8, 4) is 22.3 Å². The summed E-state index contributed by atoms with van der Waals surface area (Å²) in [5, 5.41) is 0. The molecular formula is C35H29Cl2Zr. The Hall–Kier alpha value is -2.44. The standard InChI is InChI=1S/C20H15.C15H14.2ClH.Zr/c1-2-7-15(8-3-1)13-17-10-6-11-18-14-16-9-4-5-12-19(16)20(17)18;1-2-11-12-7-3-5-9-14(12)15-10-6-4-8-13(11)15;;;/h1-12,14H,13H2;3-11H,2H2,1H3;2*1H;/q;;;;+2/p-2. The van der Waals surface area contributed by atoms with Crippen molar-refractivity contribution in [1.82, 2.24) is 0 Å². The molecule has 2 aliphatic carbocycles. The van der Waals surface area contributed by atoms with Crippen LogP contribution in [0.3, 0.4) is 0 Å². The van der Waals surface area contributed by atoms with Gasteiger partial charge in [0.15, 0.2) is 0 Å². The molecular weight excluding hydrogens is 583 g/mol. The molecule has 3 heteroatoms. The van der Waals surface area contributed by atoms with Crippen molar-refractivity contribution in [3.63, 3.8) is 0 Å². The average molecular weight is 612 g/mol. The summed E-state index contributed by atoms with van der Waals surface area (Å²) in [6.07, 6.45) is 2.20. The van der Waals surface area contributed by atoms with E-state index in [9.17, 15) is 0 Å². The van der Waals surface area contributed by atoms with E-state index < -0.39 is 0 Å². The summed E-state index contributed by atoms with van der Waals surface area (Å²) in [5.74, 6) is 0.609. The molecule has 5 aromatic carbocycles. The first-order chi connectivity index (χ1) is 17.8. The monoisotopic (exact) mass is 609 g/mol. The molecule has 187 valence electrons. The Morgan fingerprint density at radius 1 is 0.526 bits per heavy atom. The third-order valence-electron chi connectivity index (χ3n) is 7.64. The van der Waals surface area contributed by atoms with Crippen LogP contribution in [0.2, 0.25) is 0 Å². The molecule has 0 nitrogen and oxygen atoms in total. The quantitative estimate of drug-likeness (QED) is 0.294. The zero-order valence-corrected chi connectivity index (χ0v) is 25.3. The second-order valence-electron chi connectivity index (χ2n) is 9.70. The topological polar surface area (TPSA) is 0 Å². The number of hydrogen-bond donors (Lipinski definition) is 0. The van der Waals surface area contributed by atoms with Crippen LogP contribution in [0.4, 0.5) is 0 Å². The molecule has 0 radical (unpaired) electrons. The maximum atomic E-state index is 2.31. The molecule has 0 saturated carbocycles. The molecule has 0 aliphatic heterocycles. The van der Waals surface area contributed by atoms with Crippen molar-refractivity contribution in [2.45, 2.75) is 29.3 Å². The number of halogens is 2. The van der Waals surface area contributed by atoms with Crippen LogP contribution in [0.5, 0.6) is 0 Å². The van der Waals surface area contributed by atoms with E-state index in [1.807, 2.05) is 0 Å². The maximum absolute atomic E-state index is 2.31. The van der Waals surface area contributed by atoms with Gasteiger partial charge in [0, 0.05) is 5.92 Å². The van der Waals surface area contributed by atoms with E-state index in [4.69, 9.17) is 0 Å². The van der Waals surface area contributed by atoms with Crippen molar-refractivity contribution in [1.29, 1.82) is 0 Å². The summed E-state index contributed by atoms with van der Waals surface area (Å²) >= 11 is 1.58. The fraction of sp³-hybridized carbons (Fsp3) is 0.143. The Labute approximate surface area is 254 Å². The van der Waals surface area contributed by atoms with Crippen molar-refractivity contribution in [3.05, 3.63) is 155 Å². The Balaban J connectivity index is 0.000000176. The molecule has 0 fully saturated rings. The minimum absolute atomic E-state index is 0. The van der Waals surface area contributed by atoms with Gasteiger partial charge < -0.3 is 24.8 Å². The third kappa shape index (κ3) is 5.22. The molecule has 0 bridgehead atoms. The normalized spacial score (nSPS) is 14.0. The van der Waals surface area contributed by atoms with Gasteiger partial charge >= 0.3 is 141 Å². The molecule has 0 spiro atoms. The van der Waals surface area contributed by atoms with Gasteiger partial charge in [0.1, 0.15) is 0 Å². The van der Waals surface area contributed by atoms with E-state index in [1.165, 1.54) is 62.1 Å². The summed E-state index contributed by atoms with van der Waals surface area (Å²) < 4.78 is 0.596. The van der Waals surface area contributed by atoms with Gasteiger partial charge in [-0.1, -0.05) is 55.5 Å². The molecule has 7 rings (SSSR count). The van der Waals surface area contributed by atoms with E-state index in [2.05, 4.69) is 128 Å². The van der Waals surface area contributed by atoms with E-state index in [0.29, 0.717) is 9.54 Å². The van der Waals surface area contributed by atoms with E-state index in [1.54, 1.807) is 24.7 Å². The molecule has 1 atom stereocenters. The van der Waals surface area contributed by atoms with Crippen LogP contribution in [0, 0.1) is 0 Å². The van der Waals surface area contributed by atoms with Gasteiger partial charge in [0.2, 0.25) is 0 Å². The van der Waals surface area contributed by atoms with Crippen molar-refractivity contribution < 1.29 is 49.5 Å². The Kier molecular flexibility index (Phi) is 9.48. The van der Waals surface area contributed by atoms with Gasteiger partial charge in [-0.2, -0.15) is 0 Å². The van der Waals surface area contributed by atoms with Crippen LogP contribution in [0.25, 0.3) is 22.3 Å². The zero-order chi connectivity index (χ0) is 24.5. The van der Waals surface area contributed by atoms with Gasteiger partial charge in [-0.25, -0.2) is 0 Å². The summed E-state index contributed by atoms with van der Waals surface area (Å²) in [7, 11) is 0. The molecule has 2 aliphatic rings. The van der Waals surface area contributed by atoms with E-state index >= 15 is 0 Å². The van der Waals surface area contributed by atoms with Crippen molar-refractivity contribution in [2.75, 3.05) is 0 Å².